The Bertz CT molecular complexity index is 349. The zero-order valence-corrected chi connectivity index (χ0v) is 11.0. The third kappa shape index (κ3) is 2.11. The predicted molar refractivity (Wildman–Crippen MR) is 65.1 cm³/mol. The maximum atomic E-state index is 12.2. The van der Waals surface area contributed by atoms with Gasteiger partial charge in [-0.25, -0.2) is 0 Å². The van der Waals surface area contributed by atoms with Crippen LogP contribution in [-0.4, -0.2) is 47.7 Å². The molecule has 2 heterocycles. The molecule has 18 heavy (non-hydrogen) atoms. The summed E-state index contributed by atoms with van der Waals surface area (Å²) < 4.78 is 5.38. The quantitative estimate of drug-likeness (QED) is 0.820. The van der Waals surface area contributed by atoms with Gasteiger partial charge in [-0.05, 0) is 25.2 Å². The van der Waals surface area contributed by atoms with Crippen LogP contribution in [0, 0.1) is 11.3 Å². The van der Waals surface area contributed by atoms with E-state index in [9.17, 15) is 14.7 Å². The Labute approximate surface area is 107 Å². The van der Waals surface area contributed by atoms with Gasteiger partial charge in [-0.3, -0.25) is 9.59 Å². The van der Waals surface area contributed by atoms with E-state index < -0.39 is 11.4 Å². The van der Waals surface area contributed by atoms with Crippen molar-refractivity contribution in [2.45, 2.75) is 39.2 Å². The number of amides is 1. The van der Waals surface area contributed by atoms with Gasteiger partial charge in [0, 0.05) is 19.7 Å². The number of likely N-dealkylation sites (tertiary alicyclic amines) is 1. The number of carbonyl (C=O) groups excluding carboxylic acids is 1. The molecule has 0 radical (unpaired) electrons. The summed E-state index contributed by atoms with van der Waals surface area (Å²) in [6.07, 6.45) is 1.87. The van der Waals surface area contributed by atoms with E-state index >= 15 is 0 Å². The van der Waals surface area contributed by atoms with Gasteiger partial charge in [0.15, 0.2) is 0 Å². The van der Waals surface area contributed by atoms with Crippen molar-refractivity contribution >= 4 is 11.9 Å². The fourth-order valence-electron chi connectivity index (χ4n) is 2.89. The Hall–Kier alpha value is -1.10. The van der Waals surface area contributed by atoms with Gasteiger partial charge in [-0.15, -0.1) is 0 Å². The minimum absolute atomic E-state index is 0.0253. The van der Waals surface area contributed by atoms with Gasteiger partial charge in [0.05, 0.1) is 5.41 Å². The van der Waals surface area contributed by atoms with Gasteiger partial charge in [0.1, 0.15) is 6.10 Å². The Kier molecular flexibility index (Phi) is 3.61. The first-order chi connectivity index (χ1) is 8.47. The standard InChI is InChI=1S/C13H21NO4/c1-9(2)13(12(16)17)5-6-14(8-13)11(15)10-4-3-7-18-10/h9-10H,3-8H2,1-2H3,(H,16,17)/t10-,13?/m1/s1. The second-order valence-electron chi connectivity index (χ2n) is 5.63. The average molecular weight is 255 g/mol. The van der Waals surface area contributed by atoms with Crippen LogP contribution in [-0.2, 0) is 14.3 Å². The van der Waals surface area contributed by atoms with E-state index in [1.54, 1.807) is 4.90 Å². The summed E-state index contributed by atoms with van der Waals surface area (Å²) in [7, 11) is 0. The predicted octanol–water partition coefficient (Wildman–Crippen LogP) is 1.12. The molecule has 0 bridgehead atoms. The summed E-state index contributed by atoms with van der Waals surface area (Å²) in [5.41, 5.74) is -0.783. The maximum absolute atomic E-state index is 12.2. The molecule has 2 atom stereocenters. The second kappa shape index (κ2) is 4.88. The van der Waals surface area contributed by atoms with Crippen molar-refractivity contribution < 1.29 is 19.4 Å². The molecule has 1 N–H and O–H groups in total. The Balaban J connectivity index is 2.06. The molecule has 0 spiro atoms. The lowest BCUT2D eigenvalue weighted by atomic mass is 9.76. The molecule has 5 nitrogen and oxygen atoms in total. The summed E-state index contributed by atoms with van der Waals surface area (Å²) in [5, 5.41) is 9.43. The fraction of sp³-hybridized carbons (Fsp3) is 0.846. The molecule has 1 amide bonds. The number of carboxylic acid groups (broad SMARTS) is 1. The average Bonchev–Trinajstić information content (AvgIpc) is 2.98. The summed E-state index contributed by atoms with van der Waals surface area (Å²) in [6, 6.07) is 0. The van der Waals surface area contributed by atoms with E-state index in [-0.39, 0.29) is 17.9 Å². The molecule has 1 unspecified atom stereocenters. The molecule has 2 rings (SSSR count). The van der Waals surface area contributed by atoms with Crippen LogP contribution in [0.15, 0.2) is 0 Å². The zero-order chi connectivity index (χ0) is 13.3. The van der Waals surface area contributed by atoms with Gasteiger partial charge in [0.2, 0.25) is 0 Å². The summed E-state index contributed by atoms with van der Waals surface area (Å²) >= 11 is 0. The lowest BCUT2D eigenvalue weighted by molar-refractivity contribution is -0.152. The Morgan fingerprint density at radius 3 is 2.61 bits per heavy atom. The van der Waals surface area contributed by atoms with Crippen molar-refractivity contribution in [2.75, 3.05) is 19.7 Å². The second-order valence-corrected chi connectivity index (χ2v) is 5.63. The fourth-order valence-corrected chi connectivity index (χ4v) is 2.89. The molecular weight excluding hydrogens is 234 g/mol. The Morgan fingerprint density at radius 2 is 2.17 bits per heavy atom. The first-order valence-corrected chi connectivity index (χ1v) is 6.61. The largest absolute Gasteiger partial charge is 0.481 e. The van der Waals surface area contributed by atoms with Crippen molar-refractivity contribution in [3.8, 4) is 0 Å². The van der Waals surface area contributed by atoms with Crippen LogP contribution in [0.2, 0.25) is 0 Å². The van der Waals surface area contributed by atoms with Gasteiger partial charge < -0.3 is 14.7 Å². The van der Waals surface area contributed by atoms with E-state index in [1.165, 1.54) is 0 Å². The SMILES string of the molecule is CC(C)C1(C(=O)O)CCN(C(=O)[C@H]2CCCO2)C1. The Morgan fingerprint density at radius 1 is 1.44 bits per heavy atom. The monoisotopic (exact) mass is 255 g/mol. The number of hydrogen-bond acceptors (Lipinski definition) is 3. The molecule has 0 aliphatic carbocycles. The van der Waals surface area contributed by atoms with Gasteiger partial charge in [-0.2, -0.15) is 0 Å². The highest BCUT2D eigenvalue weighted by Gasteiger charge is 2.49. The third-order valence-electron chi connectivity index (χ3n) is 4.35. The number of rotatable bonds is 3. The van der Waals surface area contributed by atoms with Crippen LogP contribution >= 0.6 is 0 Å². The number of ether oxygens (including phenoxy) is 1. The summed E-state index contributed by atoms with van der Waals surface area (Å²) in [5.74, 6) is -0.797. The minimum Gasteiger partial charge on any atom is -0.481 e. The molecule has 0 saturated carbocycles. The van der Waals surface area contributed by atoms with Crippen LogP contribution in [0.4, 0.5) is 0 Å². The molecule has 2 saturated heterocycles. The van der Waals surface area contributed by atoms with Gasteiger partial charge >= 0.3 is 5.97 Å². The van der Waals surface area contributed by atoms with E-state index in [0.29, 0.717) is 26.1 Å². The highest BCUT2D eigenvalue weighted by molar-refractivity contribution is 5.84. The molecule has 5 heteroatoms. The molecule has 102 valence electrons. The van der Waals surface area contributed by atoms with E-state index in [4.69, 9.17) is 4.74 Å². The molecular formula is C13H21NO4. The first-order valence-electron chi connectivity index (χ1n) is 6.61. The first kappa shape index (κ1) is 13.3. The van der Waals surface area contributed by atoms with E-state index in [0.717, 1.165) is 12.8 Å². The molecule has 2 fully saturated rings. The van der Waals surface area contributed by atoms with Gasteiger partial charge in [-0.1, -0.05) is 13.8 Å². The van der Waals surface area contributed by atoms with Crippen LogP contribution in [0.1, 0.15) is 33.1 Å². The molecule has 0 aromatic carbocycles. The van der Waals surface area contributed by atoms with Crippen LogP contribution in [0.25, 0.3) is 0 Å². The number of nitrogens with zero attached hydrogens (tertiary/aromatic N) is 1. The van der Waals surface area contributed by atoms with Crippen molar-refractivity contribution in [2.24, 2.45) is 11.3 Å². The number of aliphatic carboxylic acids is 1. The van der Waals surface area contributed by atoms with Crippen LogP contribution in [0.3, 0.4) is 0 Å². The highest BCUT2D eigenvalue weighted by Crippen LogP contribution is 2.38. The van der Waals surface area contributed by atoms with E-state index in [1.807, 2.05) is 13.8 Å². The maximum Gasteiger partial charge on any atom is 0.311 e. The summed E-state index contributed by atoms with van der Waals surface area (Å²) in [4.78, 5) is 25.3. The normalized spacial score (nSPS) is 32.2. The van der Waals surface area contributed by atoms with Crippen LogP contribution in [0.5, 0.6) is 0 Å². The molecule has 0 aromatic heterocycles. The van der Waals surface area contributed by atoms with Crippen molar-refractivity contribution in [1.82, 2.24) is 4.90 Å². The van der Waals surface area contributed by atoms with Crippen molar-refractivity contribution in [1.29, 1.82) is 0 Å². The minimum atomic E-state index is -0.792. The number of hydrogen-bond donors (Lipinski definition) is 1. The number of carboxylic acids is 1. The molecule has 0 aromatic rings. The van der Waals surface area contributed by atoms with Crippen molar-refractivity contribution in [3.63, 3.8) is 0 Å². The topological polar surface area (TPSA) is 66.8 Å². The van der Waals surface area contributed by atoms with Crippen LogP contribution < -0.4 is 0 Å². The van der Waals surface area contributed by atoms with Gasteiger partial charge in [0.25, 0.3) is 5.91 Å². The van der Waals surface area contributed by atoms with E-state index in [2.05, 4.69) is 0 Å². The lowest BCUT2D eigenvalue weighted by Crippen LogP contribution is -2.43. The molecule has 2 aliphatic heterocycles. The smallest absolute Gasteiger partial charge is 0.311 e. The zero-order valence-electron chi connectivity index (χ0n) is 11.0. The third-order valence-corrected chi connectivity index (χ3v) is 4.35. The van der Waals surface area contributed by atoms with Crippen molar-refractivity contribution in [3.05, 3.63) is 0 Å². The number of carbonyl (C=O) groups is 2. The molecule has 2 aliphatic rings. The summed E-state index contributed by atoms with van der Waals surface area (Å²) in [6.45, 7) is 5.31. The lowest BCUT2D eigenvalue weighted by Gasteiger charge is -2.29. The highest BCUT2D eigenvalue weighted by atomic mass is 16.5.